The van der Waals surface area contributed by atoms with E-state index in [0.717, 1.165) is 11.8 Å². The van der Waals surface area contributed by atoms with Gasteiger partial charge in [0, 0.05) is 22.7 Å². The molecule has 9 heteroatoms. The van der Waals surface area contributed by atoms with E-state index in [1.54, 1.807) is 30.3 Å². The summed E-state index contributed by atoms with van der Waals surface area (Å²) in [5.41, 5.74) is 6.64. The third kappa shape index (κ3) is 3.81. The fraction of sp³-hybridized carbons (Fsp3) is 0.176. The molecule has 0 saturated carbocycles. The summed E-state index contributed by atoms with van der Waals surface area (Å²) < 4.78 is 24.8. The lowest BCUT2D eigenvalue weighted by molar-refractivity contribution is 0.0846. The molecule has 1 aliphatic rings. The molecule has 2 aromatic carbocycles. The van der Waals surface area contributed by atoms with E-state index in [2.05, 4.69) is 10.9 Å². The molecule has 0 radical (unpaired) electrons. The highest BCUT2D eigenvalue weighted by Gasteiger charge is 2.26. The fourth-order valence-electron chi connectivity index (χ4n) is 2.74. The molecule has 0 bridgehead atoms. The summed E-state index contributed by atoms with van der Waals surface area (Å²) in [6, 6.07) is 11.1. The lowest BCUT2D eigenvalue weighted by Crippen LogP contribution is -2.41. The van der Waals surface area contributed by atoms with Crippen LogP contribution in [0.3, 0.4) is 0 Å². The van der Waals surface area contributed by atoms with Crippen LogP contribution in [0.2, 0.25) is 5.02 Å². The molecule has 3 rings (SSSR count). The first-order chi connectivity index (χ1) is 12.3. The van der Waals surface area contributed by atoms with Crippen LogP contribution in [0.5, 0.6) is 0 Å². The molecule has 0 atom stereocenters. The average molecular weight is 394 g/mol. The lowest BCUT2D eigenvalue weighted by atomic mass is 10.1. The van der Waals surface area contributed by atoms with Gasteiger partial charge in [-0.2, -0.15) is 0 Å². The van der Waals surface area contributed by atoms with Gasteiger partial charge in [-0.15, -0.1) is 0 Å². The van der Waals surface area contributed by atoms with Crippen molar-refractivity contribution in [2.24, 2.45) is 0 Å². The largest absolute Gasteiger partial charge is 0.270 e. The van der Waals surface area contributed by atoms with E-state index in [-0.39, 0.29) is 0 Å². The molecule has 0 aromatic heterocycles. The summed E-state index contributed by atoms with van der Waals surface area (Å²) in [7, 11) is -3.34. The molecule has 0 saturated heterocycles. The second-order valence-corrected chi connectivity index (χ2v) is 8.19. The molecule has 7 nitrogen and oxygen atoms in total. The molecule has 0 aliphatic carbocycles. The van der Waals surface area contributed by atoms with Crippen LogP contribution in [0.4, 0.5) is 5.69 Å². The van der Waals surface area contributed by atoms with Gasteiger partial charge in [0.15, 0.2) is 0 Å². The van der Waals surface area contributed by atoms with Crippen molar-refractivity contribution in [1.82, 2.24) is 10.9 Å². The Morgan fingerprint density at radius 2 is 1.69 bits per heavy atom. The van der Waals surface area contributed by atoms with Crippen LogP contribution < -0.4 is 15.2 Å². The van der Waals surface area contributed by atoms with Crippen molar-refractivity contribution in [3.8, 4) is 0 Å². The smallest absolute Gasteiger partial charge is 0.269 e. The summed E-state index contributed by atoms with van der Waals surface area (Å²) in [6.45, 7) is 0.352. The van der Waals surface area contributed by atoms with Crippen molar-refractivity contribution in [2.75, 3.05) is 17.1 Å². The van der Waals surface area contributed by atoms with Crippen molar-refractivity contribution < 1.29 is 18.0 Å². The van der Waals surface area contributed by atoms with Gasteiger partial charge in [-0.1, -0.05) is 17.7 Å². The molecular weight excluding hydrogens is 378 g/mol. The Morgan fingerprint density at radius 3 is 2.31 bits per heavy atom. The summed E-state index contributed by atoms with van der Waals surface area (Å²) in [5.74, 6) is -0.994. The monoisotopic (exact) mass is 393 g/mol. The maximum absolute atomic E-state index is 12.2. The minimum atomic E-state index is -3.34. The van der Waals surface area contributed by atoms with E-state index < -0.39 is 21.8 Å². The first kappa shape index (κ1) is 18.2. The zero-order valence-electron chi connectivity index (χ0n) is 13.8. The number of sulfonamides is 1. The van der Waals surface area contributed by atoms with Crippen LogP contribution in [-0.2, 0) is 16.4 Å². The molecule has 2 aromatic rings. The number of carbonyl (C=O) groups excluding carboxylic acids is 2. The Labute approximate surface area is 156 Å². The number of nitrogens with one attached hydrogen (secondary N) is 2. The Kier molecular flexibility index (Phi) is 4.88. The van der Waals surface area contributed by atoms with Gasteiger partial charge in [0.2, 0.25) is 10.0 Å². The summed E-state index contributed by atoms with van der Waals surface area (Å²) in [4.78, 5) is 24.3. The maximum atomic E-state index is 12.2. The van der Waals surface area contributed by atoms with Gasteiger partial charge >= 0.3 is 0 Å². The van der Waals surface area contributed by atoms with Gasteiger partial charge in [-0.05, 0) is 48.4 Å². The van der Waals surface area contributed by atoms with Gasteiger partial charge in [0.25, 0.3) is 11.8 Å². The standard InChI is InChI=1S/C17H16ClN3O4S/c1-26(24,25)21-8-7-11-9-13(5-6-15(11)21)17(23)20-19-16(22)12-3-2-4-14(18)10-12/h2-6,9-10H,7-8H2,1H3,(H,19,22)(H,20,23). The van der Waals surface area contributed by atoms with E-state index in [9.17, 15) is 18.0 Å². The quantitative estimate of drug-likeness (QED) is 0.776. The Morgan fingerprint density at radius 1 is 1.04 bits per heavy atom. The van der Waals surface area contributed by atoms with Gasteiger partial charge in [-0.3, -0.25) is 24.7 Å². The fourth-order valence-corrected chi connectivity index (χ4v) is 3.89. The first-order valence-electron chi connectivity index (χ1n) is 7.72. The maximum Gasteiger partial charge on any atom is 0.269 e. The number of nitrogens with zero attached hydrogens (tertiary/aromatic N) is 1. The van der Waals surface area contributed by atoms with Crippen molar-refractivity contribution in [3.63, 3.8) is 0 Å². The van der Waals surface area contributed by atoms with E-state index in [1.807, 2.05) is 0 Å². The molecule has 1 heterocycles. The predicted molar refractivity (Wildman–Crippen MR) is 98.7 cm³/mol. The van der Waals surface area contributed by atoms with Crippen molar-refractivity contribution in [2.45, 2.75) is 6.42 Å². The number of carbonyl (C=O) groups is 2. The molecule has 0 spiro atoms. The van der Waals surface area contributed by atoms with Crippen LogP contribution in [0, 0.1) is 0 Å². The average Bonchev–Trinajstić information content (AvgIpc) is 3.02. The summed E-state index contributed by atoms with van der Waals surface area (Å²) in [6.07, 6.45) is 1.67. The normalized spacial score (nSPS) is 13.2. The Hall–Kier alpha value is -2.58. The van der Waals surface area contributed by atoms with E-state index >= 15 is 0 Å². The number of hydrogen-bond donors (Lipinski definition) is 2. The lowest BCUT2D eigenvalue weighted by Gasteiger charge is -2.16. The minimum Gasteiger partial charge on any atom is -0.270 e. The van der Waals surface area contributed by atoms with Crippen LogP contribution >= 0.6 is 11.6 Å². The third-order valence-corrected chi connectivity index (χ3v) is 5.39. The molecule has 2 amide bonds. The molecular formula is C17H16ClN3O4S. The SMILES string of the molecule is CS(=O)(=O)N1CCc2cc(C(=O)NNC(=O)c3cccc(Cl)c3)ccc21. The topological polar surface area (TPSA) is 95.6 Å². The van der Waals surface area contributed by atoms with Crippen molar-refractivity contribution in [3.05, 3.63) is 64.2 Å². The molecule has 0 fully saturated rings. The van der Waals surface area contributed by atoms with Crippen LogP contribution in [0.25, 0.3) is 0 Å². The van der Waals surface area contributed by atoms with Crippen LogP contribution in [-0.4, -0.2) is 33.0 Å². The van der Waals surface area contributed by atoms with E-state index in [0.29, 0.717) is 34.8 Å². The molecule has 136 valence electrons. The number of hydrazine groups is 1. The number of fused-ring (bicyclic) bond motifs is 1. The second kappa shape index (κ2) is 6.97. The Balaban J connectivity index is 1.69. The van der Waals surface area contributed by atoms with Crippen molar-refractivity contribution in [1.29, 1.82) is 0 Å². The molecule has 26 heavy (non-hydrogen) atoms. The number of halogens is 1. The second-order valence-electron chi connectivity index (χ2n) is 5.85. The highest BCUT2D eigenvalue weighted by atomic mass is 35.5. The van der Waals surface area contributed by atoms with E-state index in [4.69, 9.17) is 11.6 Å². The zero-order chi connectivity index (χ0) is 18.9. The number of benzene rings is 2. The van der Waals surface area contributed by atoms with Gasteiger partial charge < -0.3 is 0 Å². The third-order valence-electron chi connectivity index (χ3n) is 3.97. The highest BCUT2D eigenvalue weighted by molar-refractivity contribution is 7.92. The predicted octanol–water partition coefficient (Wildman–Crippen LogP) is 1.74. The molecule has 1 aliphatic heterocycles. The van der Waals surface area contributed by atoms with Gasteiger partial charge in [-0.25, -0.2) is 8.42 Å². The number of anilines is 1. The molecule has 2 N–H and O–H groups in total. The summed E-state index contributed by atoms with van der Waals surface area (Å²) >= 11 is 5.83. The Bertz CT molecular complexity index is 991. The summed E-state index contributed by atoms with van der Waals surface area (Å²) in [5, 5.41) is 0.415. The zero-order valence-corrected chi connectivity index (χ0v) is 15.4. The number of hydrogen-bond acceptors (Lipinski definition) is 4. The highest BCUT2D eigenvalue weighted by Crippen LogP contribution is 2.30. The molecule has 0 unspecified atom stereocenters. The van der Waals surface area contributed by atoms with Gasteiger partial charge in [0.1, 0.15) is 0 Å². The van der Waals surface area contributed by atoms with Crippen LogP contribution in [0.1, 0.15) is 26.3 Å². The van der Waals surface area contributed by atoms with Crippen LogP contribution in [0.15, 0.2) is 42.5 Å². The van der Waals surface area contributed by atoms with Gasteiger partial charge in [0.05, 0.1) is 11.9 Å². The van der Waals surface area contributed by atoms with Crippen molar-refractivity contribution >= 4 is 39.1 Å². The van der Waals surface area contributed by atoms with E-state index in [1.165, 1.54) is 16.4 Å². The minimum absolute atomic E-state index is 0.315. The number of amides is 2. The first-order valence-corrected chi connectivity index (χ1v) is 9.95. The number of rotatable bonds is 3.